The molecule has 0 spiro atoms. The van der Waals surface area contributed by atoms with E-state index in [0.29, 0.717) is 17.0 Å². The molecule has 0 bridgehead atoms. The van der Waals surface area contributed by atoms with E-state index < -0.39 is 0 Å². The Bertz CT molecular complexity index is 405. The predicted octanol–water partition coefficient (Wildman–Crippen LogP) is 5.57. The van der Waals surface area contributed by atoms with Gasteiger partial charge in [-0.15, -0.1) is 0 Å². The molecule has 2 aliphatic carbocycles. The Kier molecular flexibility index (Phi) is 5.27. The van der Waals surface area contributed by atoms with Gasteiger partial charge in [-0.2, -0.15) is 11.8 Å². The van der Waals surface area contributed by atoms with Crippen molar-refractivity contribution in [2.75, 3.05) is 0 Å². The predicted molar refractivity (Wildman–Crippen MR) is 96.1 cm³/mol. The van der Waals surface area contributed by atoms with Crippen molar-refractivity contribution in [3.05, 3.63) is 0 Å². The van der Waals surface area contributed by atoms with Crippen LogP contribution in [-0.4, -0.2) is 16.3 Å². The van der Waals surface area contributed by atoms with Crippen molar-refractivity contribution in [1.29, 1.82) is 0 Å². The second-order valence-electron chi connectivity index (χ2n) is 8.40. The van der Waals surface area contributed by atoms with Crippen LogP contribution < -0.4 is 0 Å². The highest BCUT2D eigenvalue weighted by Crippen LogP contribution is 2.56. The molecule has 0 N–H and O–H groups in total. The molecule has 8 unspecified atom stereocenters. The lowest BCUT2D eigenvalue weighted by Gasteiger charge is -2.47. The molecule has 2 saturated carbocycles. The number of Topliss-reactive ketones (excluding diaryl/α,β-unsaturated/α-hetero) is 1. The number of carbonyl (C=O) groups excluding carboxylic acids is 1. The van der Waals surface area contributed by atoms with Crippen LogP contribution in [0, 0.1) is 35.5 Å². The van der Waals surface area contributed by atoms with Gasteiger partial charge in [-0.25, -0.2) is 0 Å². The third-order valence-electron chi connectivity index (χ3n) is 7.30. The number of hydrogen-bond acceptors (Lipinski definition) is 2. The van der Waals surface area contributed by atoms with Gasteiger partial charge in [0.25, 0.3) is 0 Å². The summed E-state index contributed by atoms with van der Waals surface area (Å²) < 4.78 is 0. The van der Waals surface area contributed by atoms with Crippen molar-refractivity contribution in [2.24, 2.45) is 35.5 Å². The van der Waals surface area contributed by atoms with Crippen molar-refractivity contribution in [3.8, 4) is 0 Å². The van der Waals surface area contributed by atoms with E-state index in [9.17, 15) is 4.79 Å². The largest absolute Gasteiger partial charge is 0.300 e. The fraction of sp³-hybridized carbons (Fsp3) is 0.950. The zero-order valence-corrected chi connectivity index (χ0v) is 15.7. The first-order valence-electron chi connectivity index (χ1n) is 9.66. The number of carbonyl (C=O) groups is 1. The summed E-state index contributed by atoms with van der Waals surface area (Å²) >= 11 is 2.16. The number of fused-ring (bicyclic) bond motifs is 1. The molecule has 0 aromatic rings. The van der Waals surface area contributed by atoms with Gasteiger partial charge in [-0.1, -0.05) is 52.9 Å². The molecule has 22 heavy (non-hydrogen) atoms. The third-order valence-corrected chi connectivity index (χ3v) is 8.79. The molecule has 1 aliphatic heterocycles. The Hall–Kier alpha value is 0.0200. The molecule has 1 saturated heterocycles. The second-order valence-corrected chi connectivity index (χ2v) is 10.2. The topological polar surface area (TPSA) is 17.1 Å². The molecule has 8 atom stereocenters. The zero-order valence-electron chi connectivity index (χ0n) is 14.9. The molecule has 2 heteroatoms. The summed E-state index contributed by atoms with van der Waals surface area (Å²) in [7, 11) is 0. The van der Waals surface area contributed by atoms with E-state index >= 15 is 0 Å². The molecule has 3 aliphatic rings. The minimum atomic E-state index is 0.251. The van der Waals surface area contributed by atoms with Gasteiger partial charge in [0.1, 0.15) is 5.78 Å². The first kappa shape index (κ1) is 16.9. The second kappa shape index (κ2) is 6.87. The summed E-state index contributed by atoms with van der Waals surface area (Å²) in [5, 5.41) is 1.40. The Labute approximate surface area is 141 Å². The minimum Gasteiger partial charge on any atom is -0.300 e. The van der Waals surface area contributed by atoms with Crippen LogP contribution in [0.25, 0.3) is 0 Å². The van der Waals surface area contributed by atoms with E-state index in [4.69, 9.17) is 0 Å². The molecule has 3 fully saturated rings. The maximum atomic E-state index is 12.1. The molecule has 3 rings (SSSR count). The van der Waals surface area contributed by atoms with E-state index in [-0.39, 0.29) is 5.92 Å². The molecular formula is C20H34OS. The van der Waals surface area contributed by atoms with E-state index in [1.165, 1.54) is 44.9 Å². The molecule has 126 valence electrons. The van der Waals surface area contributed by atoms with Crippen LogP contribution >= 0.6 is 11.8 Å². The van der Waals surface area contributed by atoms with E-state index in [2.05, 4.69) is 32.5 Å². The molecule has 1 nitrogen and oxygen atoms in total. The summed E-state index contributed by atoms with van der Waals surface area (Å²) in [4.78, 5) is 12.1. The zero-order chi connectivity index (χ0) is 15.9. The van der Waals surface area contributed by atoms with E-state index in [0.717, 1.165) is 28.9 Å². The Morgan fingerprint density at radius 1 is 0.955 bits per heavy atom. The molecular weight excluding hydrogens is 288 g/mol. The van der Waals surface area contributed by atoms with Crippen LogP contribution in [0.5, 0.6) is 0 Å². The number of hydrogen-bond donors (Lipinski definition) is 0. The van der Waals surface area contributed by atoms with Gasteiger partial charge in [-0.3, -0.25) is 4.79 Å². The summed E-state index contributed by atoms with van der Waals surface area (Å²) in [6, 6.07) is 0. The van der Waals surface area contributed by atoms with Gasteiger partial charge in [0.05, 0.1) is 0 Å². The Morgan fingerprint density at radius 3 is 2.32 bits per heavy atom. The summed E-state index contributed by atoms with van der Waals surface area (Å²) in [6.45, 7) is 8.85. The number of thioether (sulfide) groups is 1. The molecule has 1 heterocycles. The first-order valence-corrected chi connectivity index (χ1v) is 10.6. The maximum Gasteiger partial charge on any atom is 0.132 e. The SMILES string of the molecule is CC(=O)C(C)C1C(C)SC(C)C1C1CCCC2CCCCC21. The van der Waals surface area contributed by atoms with Crippen LogP contribution in [0.4, 0.5) is 0 Å². The van der Waals surface area contributed by atoms with Crippen LogP contribution in [0.2, 0.25) is 0 Å². The van der Waals surface area contributed by atoms with Crippen LogP contribution in [-0.2, 0) is 4.79 Å². The van der Waals surface area contributed by atoms with Crippen LogP contribution in [0.1, 0.15) is 72.6 Å². The smallest absolute Gasteiger partial charge is 0.132 e. The van der Waals surface area contributed by atoms with Gasteiger partial charge in [0.15, 0.2) is 0 Å². The Morgan fingerprint density at radius 2 is 1.59 bits per heavy atom. The van der Waals surface area contributed by atoms with Gasteiger partial charge in [0.2, 0.25) is 0 Å². The van der Waals surface area contributed by atoms with Crippen LogP contribution in [0.15, 0.2) is 0 Å². The quantitative estimate of drug-likeness (QED) is 0.675. The lowest BCUT2D eigenvalue weighted by atomic mass is 9.58. The van der Waals surface area contributed by atoms with Gasteiger partial charge < -0.3 is 0 Å². The average Bonchev–Trinajstić information content (AvgIpc) is 2.80. The highest BCUT2D eigenvalue weighted by Gasteiger charge is 2.50. The normalized spacial score (nSPS) is 47.0. The third kappa shape index (κ3) is 3.01. The van der Waals surface area contributed by atoms with Crippen LogP contribution in [0.3, 0.4) is 0 Å². The van der Waals surface area contributed by atoms with Crippen molar-refractivity contribution in [3.63, 3.8) is 0 Å². The maximum absolute atomic E-state index is 12.1. The minimum absolute atomic E-state index is 0.251. The molecule has 0 aromatic heterocycles. The van der Waals surface area contributed by atoms with Gasteiger partial charge >= 0.3 is 0 Å². The van der Waals surface area contributed by atoms with Crippen molar-refractivity contribution < 1.29 is 4.79 Å². The fourth-order valence-corrected chi connectivity index (χ4v) is 8.10. The Balaban J connectivity index is 1.84. The highest BCUT2D eigenvalue weighted by molar-refractivity contribution is 8.00. The monoisotopic (exact) mass is 322 g/mol. The number of rotatable bonds is 3. The van der Waals surface area contributed by atoms with Gasteiger partial charge in [0, 0.05) is 16.4 Å². The average molecular weight is 323 g/mol. The molecule has 0 amide bonds. The lowest BCUT2D eigenvalue weighted by Crippen LogP contribution is -2.42. The fourth-order valence-electron chi connectivity index (χ4n) is 6.26. The molecule has 0 aromatic carbocycles. The van der Waals surface area contributed by atoms with Gasteiger partial charge in [-0.05, 0) is 49.4 Å². The summed E-state index contributed by atoms with van der Waals surface area (Å²) in [6.07, 6.45) is 10.2. The van der Waals surface area contributed by atoms with E-state index in [1.54, 1.807) is 0 Å². The summed E-state index contributed by atoms with van der Waals surface area (Å²) in [5.41, 5.74) is 0. The highest BCUT2D eigenvalue weighted by atomic mass is 32.2. The number of ketones is 1. The summed E-state index contributed by atoms with van der Waals surface area (Å²) in [5.74, 6) is 4.94. The molecule has 0 radical (unpaired) electrons. The van der Waals surface area contributed by atoms with Crippen molar-refractivity contribution >= 4 is 17.5 Å². The van der Waals surface area contributed by atoms with E-state index in [1.807, 2.05) is 6.92 Å². The lowest BCUT2D eigenvalue weighted by molar-refractivity contribution is -0.123. The first-order chi connectivity index (χ1) is 10.5. The van der Waals surface area contributed by atoms with Crippen molar-refractivity contribution in [2.45, 2.75) is 83.1 Å². The standard InChI is InChI=1S/C20H34OS/c1-12(13(2)21)19-14(3)22-15(4)20(19)18-11-7-9-16-8-5-6-10-17(16)18/h12,14-20H,5-11H2,1-4H3. The van der Waals surface area contributed by atoms with Crippen molar-refractivity contribution in [1.82, 2.24) is 0 Å².